The van der Waals surface area contributed by atoms with Gasteiger partial charge in [-0.25, -0.2) is 18.4 Å². The van der Waals surface area contributed by atoms with Gasteiger partial charge in [0.2, 0.25) is 0 Å². The summed E-state index contributed by atoms with van der Waals surface area (Å²) in [6, 6.07) is 9.43. The number of aryl methyl sites for hydroxylation is 1. The highest BCUT2D eigenvalue weighted by Gasteiger charge is 2.31. The molecule has 2 aromatic carbocycles. The fourth-order valence-electron chi connectivity index (χ4n) is 5.88. The van der Waals surface area contributed by atoms with E-state index in [1.807, 2.05) is 32.0 Å². The highest BCUT2D eigenvalue weighted by atomic mass is 32.2. The standard InChI is InChI=1S/C28H33N3O5S/c1-16(20-6-5-7-26-21(20)12-13-37(26,33)34)29-27-23-14-22(18-8-10-19(11-9-18)28(32)36-4)25(35-3)15-24(23)30-17(2)31-27/h5-7,14-16,18-19H,8-13H2,1-4H3,(H,29,30,31)/t16-,18?,19?/m1/s1. The van der Waals surface area contributed by atoms with Gasteiger partial charge in [-0.15, -0.1) is 0 Å². The van der Waals surface area contributed by atoms with Gasteiger partial charge in [0.15, 0.2) is 9.84 Å². The van der Waals surface area contributed by atoms with Crippen molar-refractivity contribution in [3.05, 3.63) is 52.8 Å². The highest BCUT2D eigenvalue weighted by molar-refractivity contribution is 7.91. The molecule has 2 heterocycles. The van der Waals surface area contributed by atoms with Crippen LogP contribution in [0.25, 0.3) is 10.9 Å². The Hall–Kier alpha value is -3.20. The molecular formula is C28H33N3O5S. The molecule has 5 rings (SSSR count). The van der Waals surface area contributed by atoms with Gasteiger partial charge < -0.3 is 14.8 Å². The minimum atomic E-state index is -3.21. The van der Waals surface area contributed by atoms with E-state index in [1.54, 1.807) is 13.2 Å². The van der Waals surface area contributed by atoms with Crippen LogP contribution in [0.3, 0.4) is 0 Å². The molecule has 1 aromatic heterocycles. The number of nitrogens with one attached hydrogen (secondary N) is 1. The number of rotatable bonds is 6. The lowest BCUT2D eigenvalue weighted by Gasteiger charge is -2.28. The summed E-state index contributed by atoms with van der Waals surface area (Å²) >= 11 is 0. The van der Waals surface area contributed by atoms with Crippen molar-refractivity contribution in [1.29, 1.82) is 0 Å². The molecule has 1 aliphatic carbocycles. The van der Waals surface area contributed by atoms with Crippen molar-refractivity contribution in [3.63, 3.8) is 0 Å². The maximum absolute atomic E-state index is 12.5. The van der Waals surface area contributed by atoms with Crippen molar-refractivity contribution < 1.29 is 22.7 Å². The molecule has 1 saturated carbocycles. The van der Waals surface area contributed by atoms with E-state index in [0.717, 1.165) is 59.0 Å². The average molecular weight is 524 g/mol. The monoisotopic (exact) mass is 523 g/mol. The van der Waals surface area contributed by atoms with E-state index in [2.05, 4.69) is 16.4 Å². The zero-order valence-corrected chi connectivity index (χ0v) is 22.5. The van der Waals surface area contributed by atoms with Crippen LogP contribution in [0.5, 0.6) is 5.75 Å². The van der Waals surface area contributed by atoms with Crippen molar-refractivity contribution in [2.75, 3.05) is 25.3 Å². The topological polar surface area (TPSA) is 107 Å². The first-order chi connectivity index (χ1) is 17.7. The lowest BCUT2D eigenvalue weighted by atomic mass is 9.78. The molecule has 2 aliphatic rings. The number of hydrogen-bond donors (Lipinski definition) is 1. The van der Waals surface area contributed by atoms with Crippen LogP contribution in [0.4, 0.5) is 5.82 Å². The number of esters is 1. The number of nitrogens with zero attached hydrogens (tertiary/aromatic N) is 2. The van der Waals surface area contributed by atoms with Gasteiger partial charge in [0.05, 0.1) is 42.3 Å². The molecule has 1 N–H and O–H groups in total. The fraction of sp³-hybridized carbons (Fsp3) is 0.464. The molecule has 1 fully saturated rings. The first-order valence-electron chi connectivity index (χ1n) is 12.8. The van der Waals surface area contributed by atoms with Gasteiger partial charge in [-0.3, -0.25) is 4.79 Å². The number of fused-ring (bicyclic) bond motifs is 2. The molecule has 37 heavy (non-hydrogen) atoms. The number of anilines is 1. The van der Waals surface area contributed by atoms with E-state index >= 15 is 0 Å². The van der Waals surface area contributed by atoms with Crippen molar-refractivity contribution in [1.82, 2.24) is 9.97 Å². The van der Waals surface area contributed by atoms with Crippen LogP contribution in [-0.4, -0.2) is 44.3 Å². The third kappa shape index (κ3) is 4.77. The molecule has 0 bridgehead atoms. The van der Waals surface area contributed by atoms with Crippen LogP contribution in [-0.2, 0) is 25.8 Å². The van der Waals surface area contributed by atoms with Crippen molar-refractivity contribution in [2.45, 2.75) is 62.8 Å². The van der Waals surface area contributed by atoms with Crippen LogP contribution in [0.15, 0.2) is 35.2 Å². The number of carbonyl (C=O) groups is 1. The third-order valence-electron chi connectivity index (χ3n) is 7.81. The van der Waals surface area contributed by atoms with Crippen molar-refractivity contribution in [2.24, 2.45) is 5.92 Å². The number of sulfone groups is 1. The third-order valence-corrected chi connectivity index (χ3v) is 9.60. The van der Waals surface area contributed by atoms with E-state index in [4.69, 9.17) is 14.5 Å². The molecule has 8 nitrogen and oxygen atoms in total. The molecule has 0 amide bonds. The Morgan fingerprint density at radius 3 is 2.57 bits per heavy atom. The number of methoxy groups -OCH3 is 2. The van der Waals surface area contributed by atoms with Crippen LogP contribution < -0.4 is 10.1 Å². The van der Waals surface area contributed by atoms with Gasteiger partial charge in [0, 0.05) is 11.5 Å². The lowest BCUT2D eigenvalue weighted by Crippen LogP contribution is -2.22. The SMILES string of the molecule is COC(=O)C1CCC(c2cc3c(N[C@H](C)c4cccc5c4CCS5(=O)=O)nc(C)nc3cc2OC)CC1. The summed E-state index contributed by atoms with van der Waals surface area (Å²) < 4.78 is 35.6. The Bertz CT molecular complexity index is 1460. The van der Waals surface area contributed by atoms with E-state index in [9.17, 15) is 13.2 Å². The quantitative estimate of drug-likeness (QED) is 0.455. The summed E-state index contributed by atoms with van der Waals surface area (Å²) in [7, 11) is -0.0930. The zero-order valence-electron chi connectivity index (χ0n) is 21.7. The Labute approximate surface area is 217 Å². The van der Waals surface area contributed by atoms with Gasteiger partial charge in [-0.1, -0.05) is 12.1 Å². The molecule has 0 saturated heterocycles. The van der Waals surface area contributed by atoms with E-state index < -0.39 is 9.84 Å². The van der Waals surface area contributed by atoms with Crippen LogP contribution in [0.2, 0.25) is 0 Å². The van der Waals surface area contributed by atoms with Crippen LogP contribution >= 0.6 is 0 Å². The molecule has 0 unspecified atom stereocenters. The Morgan fingerprint density at radius 2 is 1.86 bits per heavy atom. The molecule has 1 aliphatic heterocycles. The number of aromatic nitrogens is 2. The zero-order chi connectivity index (χ0) is 26.3. The first-order valence-corrected chi connectivity index (χ1v) is 14.4. The van der Waals surface area contributed by atoms with Crippen LogP contribution in [0.1, 0.15) is 67.1 Å². The highest BCUT2D eigenvalue weighted by Crippen LogP contribution is 2.42. The van der Waals surface area contributed by atoms with Crippen molar-refractivity contribution >= 4 is 32.5 Å². The Morgan fingerprint density at radius 1 is 1.11 bits per heavy atom. The molecule has 0 spiro atoms. The second-order valence-corrected chi connectivity index (χ2v) is 12.1. The summed E-state index contributed by atoms with van der Waals surface area (Å²) in [4.78, 5) is 21.8. The maximum Gasteiger partial charge on any atom is 0.308 e. The van der Waals surface area contributed by atoms with Gasteiger partial charge in [-0.2, -0.15) is 0 Å². The predicted molar refractivity (Wildman–Crippen MR) is 142 cm³/mol. The fourth-order valence-corrected chi connectivity index (χ4v) is 7.45. The number of carbonyl (C=O) groups excluding carboxylic acids is 1. The summed E-state index contributed by atoms with van der Waals surface area (Å²) in [5, 5.41) is 4.44. The summed E-state index contributed by atoms with van der Waals surface area (Å²) in [6.45, 7) is 3.89. The van der Waals surface area contributed by atoms with Gasteiger partial charge in [0.1, 0.15) is 17.4 Å². The normalized spacial score (nSPS) is 21.3. The second kappa shape index (κ2) is 9.93. The Balaban J connectivity index is 1.50. The number of benzene rings is 2. The number of hydrogen-bond acceptors (Lipinski definition) is 8. The second-order valence-electron chi connectivity index (χ2n) is 10.1. The summed E-state index contributed by atoms with van der Waals surface area (Å²) in [5.74, 6) is 2.37. The average Bonchev–Trinajstić information content (AvgIpc) is 3.21. The molecule has 0 radical (unpaired) electrons. The molecule has 196 valence electrons. The van der Waals surface area contributed by atoms with Gasteiger partial charge >= 0.3 is 5.97 Å². The van der Waals surface area contributed by atoms with Gasteiger partial charge in [-0.05, 0) is 80.7 Å². The summed E-state index contributed by atoms with van der Waals surface area (Å²) in [6.07, 6.45) is 3.84. The molecular weight excluding hydrogens is 490 g/mol. The predicted octanol–water partition coefficient (Wildman–Crippen LogP) is 4.90. The minimum Gasteiger partial charge on any atom is -0.496 e. The van der Waals surface area contributed by atoms with E-state index in [0.29, 0.717) is 23.0 Å². The Kier molecular flexibility index (Phi) is 6.83. The minimum absolute atomic E-state index is 0.0480. The number of ether oxygens (including phenoxy) is 2. The first kappa shape index (κ1) is 25.4. The van der Waals surface area contributed by atoms with Gasteiger partial charge in [0.25, 0.3) is 0 Å². The van der Waals surface area contributed by atoms with E-state index in [1.165, 1.54) is 7.11 Å². The maximum atomic E-state index is 12.5. The molecule has 3 aromatic rings. The molecule has 9 heteroatoms. The summed E-state index contributed by atoms with van der Waals surface area (Å²) in [5.41, 5.74) is 3.74. The smallest absolute Gasteiger partial charge is 0.308 e. The largest absolute Gasteiger partial charge is 0.496 e. The lowest BCUT2D eigenvalue weighted by molar-refractivity contribution is -0.146. The molecule has 1 atom stereocenters. The van der Waals surface area contributed by atoms with Crippen molar-refractivity contribution in [3.8, 4) is 5.75 Å². The van der Waals surface area contributed by atoms with Crippen LogP contribution in [0, 0.1) is 12.8 Å². The van der Waals surface area contributed by atoms with E-state index in [-0.39, 0.29) is 29.6 Å².